The van der Waals surface area contributed by atoms with Crippen LogP contribution in [-0.2, 0) is 0 Å². The van der Waals surface area contributed by atoms with Crippen molar-refractivity contribution in [3.8, 4) is 0 Å². The average molecular weight is 145 g/mol. The Morgan fingerprint density at radius 3 is 3.00 bits per heavy atom. The van der Waals surface area contributed by atoms with E-state index in [4.69, 9.17) is 0 Å². The molecule has 2 N–H and O–H groups in total. The third-order valence-corrected chi connectivity index (χ3v) is 1.60. The first-order valence-corrected chi connectivity index (χ1v) is 3.40. The van der Waals surface area contributed by atoms with Gasteiger partial charge in [-0.1, -0.05) is 0 Å². The van der Waals surface area contributed by atoms with Gasteiger partial charge in [-0.3, -0.25) is 21.0 Å². The molecule has 0 bridgehead atoms. The number of nitrogens with zero attached hydrogens (tertiary/aromatic N) is 1. The molecule has 0 aliphatic carbocycles. The summed E-state index contributed by atoms with van der Waals surface area (Å²) in [6.45, 7) is 1.26. The van der Waals surface area contributed by atoms with Crippen LogP contribution in [0.5, 0.6) is 0 Å². The van der Waals surface area contributed by atoms with Gasteiger partial charge in [0.25, 0.3) is 0 Å². The molecule has 58 valence electrons. The van der Waals surface area contributed by atoms with Crippen molar-refractivity contribution in [2.75, 3.05) is 13.1 Å². The van der Waals surface area contributed by atoms with E-state index in [0.29, 0.717) is 13.0 Å². The predicted octanol–water partition coefficient (Wildman–Crippen LogP) is -0.480. The van der Waals surface area contributed by atoms with E-state index in [-0.39, 0.29) is 4.92 Å². The molecule has 0 aromatic carbocycles. The molecule has 1 atom stereocenters. The molecule has 1 aliphatic heterocycles. The number of nitro groups is 1. The fourth-order valence-electron chi connectivity index (χ4n) is 0.986. The van der Waals surface area contributed by atoms with Crippen LogP contribution in [0.25, 0.3) is 0 Å². The van der Waals surface area contributed by atoms with Gasteiger partial charge in [0, 0.05) is 17.9 Å². The van der Waals surface area contributed by atoms with E-state index < -0.39 is 6.04 Å². The van der Waals surface area contributed by atoms with Crippen molar-refractivity contribution in [1.82, 2.24) is 10.9 Å². The molecule has 1 fully saturated rings. The second-order valence-corrected chi connectivity index (χ2v) is 2.39. The van der Waals surface area contributed by atoms with Crippen LogP contribution in [0.4, 0.5) is 0 Å². The zero-order valence-corrected chi connectivity index (χ0v) is 5.67. The zero-order valence-electron chi connectivity index (χ0n) is 5.67. The molecule has 1 heterocycles. The van der Waals surface area contributed by atoms with E-state index in [1.165, 1.54) is 0 Å². The van der Waals surface area contributed by atoms with Gasteiger partial charge in [0.05, 0.1) is 6.54 Å². The molecule has 0 spiro atoms. The van der Waals surface area contributed by atoms with Crippen molar-refractivity contribution in [3.63, 3.8) is 0 Å². The summed E-state index contributed by atoms with van der Waals surface area (Å²) >= 11 is 0. The molecule has 5 nitrogen and oxygen atoms in total. The van der Waals surface area contributed by atoms with Crippen LogP contribution in [0.1, 0.15) is 12.8 Å². The van der Waals surface area contributed by atoms with Crippen molar-refractivity contribution in [2.24, 2.45) is 0 Å². The van der Waals surface area contributed by atoms with E-state index in [9.17, 15) is 10.1 Å². The van der Waals surface area contributed by atoms with Crippen molar-refractivity contribution >= 4 is 0 Å². The summed E-state index contributed by atoms with van der Waals surface area (Å²) in [5, 5.41) is 10.2. The van der Waals surface area contributed by atoms with Crippen molar-refractivity contribution in [2.45, 2.75) is 18.9 Å². The Balaban J connectivity index is 2.35. The summed E-state index contributed by atoms with van der Waals surface area (Å²) in [6, 6.07) is -0.407. The van der Waals surface area contributed by atoms with Crippen molar-refractivity contribution in [3.05, 3.63) is 10.1 Å². The maximum atomic E-state index is 10.2. The van der Waals surface area contributed by atoms with Crippen molar-refractivity contribution in [1.29, 1.82) is 0 Å². The number of hydrogen-bond acceptors (Lipinski definition) is 4. The molecule has 0 amide bonds. The van der Waals surface area contributed by atoms with Gasteiger partial charge in [-0.15, -0.1) is 0 Å². The van der Waals surface area contributed by atoms with Crippen LogP contribution in [-0.4, -0.2) is 24.1 Å². The number of rotatable bonds is 1. The summed E-state index contributed by atoms with van der Waals surface area (Å²) in [7, 11) is 0. The smallest absolute Gasteiger partial charge is 0.226 e. The molecule has 0 radical (unpaired) electrons. The molecule has 5 heteroatoms. The minimum Gasteiger partial charge on any atom is -0.264 e. The number of nitrogens with one attached hydrogen (secondary N) is 2. The van der Waals surface area contributed by atoms with E-state index >= 15 is 0 Å². The number of hydrazine groups is 1. The lowest BCUT2D eigenvalue weighted by molar-refractivity contribution is -0.520. The third kappa shape index (κ3) is 1.93. The van der Waals surface area contributed by atoms with E-state index in [1.807, 2.05) is 0 Å². The summed E-state index contributed by atoms with van der Waals surface area (Å²) in [4.78, 5) is 10.0. The monoisotopic (exact) mass is 145 g/mol. The maximum absolute atomic E-state index is 10.2. The first-order chi connectivity index (χ1) is 4.80. The summed E-state index contributed by atoms with van der Waals surface area (Å²) in [5.74, 6) is 0. The van der Waals surface area contributed by atoms with Crippen LogP contribution in [0.3, 0.4) is 0 Å². The van der Waals surface area contributed by atoms with Gasteiger partial charge < -0.3 is 0 Å². The van der Waals surface area contributed by atoms with E-state index in [1.54, 1.807) is 0 Å². The largest absolute Gasteiger partial charge is 0.264 e. The normalized spacial score (nSPS) is 27.4. The lowest BCUT2D eigenvalue weighted by atomic mass is 10.2. The fraction of sp³-hybridized carbons (Fsp3) is 1.00. The molecule has 1 rings (SSSR count). The summed E-state index contributed by atoms with van der Waals surface area (Å²) in [5.41, 5.74) is 5.66. The standard InChI is InChI=1S/C5H11N3O2/c9-8(10)5-2-1-3-6-7-4-5/h5-7H,1-4H2. The topological polar surface area (TPSA) is 67.2 Å². The Labute approximate surface area is 58.9 Å². The lowest BCUT2D eigenvalue weighted by Crippen LogP contribution is -2.37. The second kappa shape index (κ2) is 3.48. The zero-order chi connectivity index (χ0) is 7.40. The summed E-state index contributed by atoms with van der Waals surface area (Å²) in [6.07, 6.45) is 1.55. The molecule has 1 saturated heterocycles. The van der Waals surface area contributed by atoms with Gasteiger partial charge in [-0.05, 0) is 6.42 Å². The fourth-order valence-corrected chi connectivity index (χ4v) is 0.986. The maximum Gasteiger partial charge on any atom is 0.226 e. The Bertz CT molecular complexity index is 120. The minimum atomic E-state index is -0.407. The van der Waals surface area contributed by atoms with E-state index in [0.717, 1.165) is 13.0 Å². The Hall–Kier alpha value is -0.680. The van der Waals surface area contributed by atoms with Gasteiger partial charge in [0.15, 0.2) is 0 Å². The first-order valence-electron chi connectivity index (χ1n) is 3.40. The van der Waals surface area contributed by atoms with Crippen LogP contribution in [0, 0.1) is 10.1 Å². The van der Waals surface area contributed by atoms with Crippen LogP contribution in [0.2, 0.25) is 0 Å². The molecule has 0 aromatic rings. The highest BCUT2D eigenvalue weighted by atomic mass is 16.6. The molecule has 1 unspecified atom stereocenters. The van der Waals surface area contributed by atoms with Gasteiger partial charge in [-0.25, -0.2) is 0 Å². The predicted molar refractivity (Wildman–Crippen MR) is 36.0 cm³/mol. The highest BCUT2D eigenvalue weighted by Gasteiger charge is 2.20. The molecular formula is C5H11N3O2. The van der Waals surface area contributed by atoms with E-state index in [2.05, 4.69) is 10.9 Å². The highest BCUT2D eigenvalue weighted by molar-refractivity contribution is 4.63. The highest BCUT2D eigenvalue weighted by Crippen LogP contribution is 2.00. The first kappa shape index (κ1) is 7.43. The number of hydrogen-bond donors (Lipinski definition) is 2. The second-order valence-electron chi connectivity index (χ2n) is 2.39. The van der Waals surface area contributed by atoms with Gasteiger partial charge in [0.1, 0.15) is 0 Å². The van der Waals surface area contributed by atoms with Gasteiger partial charge in [-0.2, -0.15) is 0 Å². The average Bonchev–Trinajstić information content (AvgIpc) is 2.12. The lowest BCUT2D eigenvalue weighted by Gasteiger charge is -2.03. The molecule has 1 aliphatic rings. The Morgan fingerprint density at radius 2 is 2.30 bits per heavy atom. The van der Waals surface area contributed by atoms with Crippen LogP contribution in [0.15, 0.2) is 0 Å². The molecule has 10 heavy (non-hydrogen) atoms. The minimum absolute atomic E-state index is 0.222. The Morgan fingerprint density at radius 1 is 1.50 bits per heavy atom. The van der Waals surface area contributed by atoms with Gasteiger partial charge in [0.2, 0.25) is 6.04 Å². The van der Waals surface area contributed by atoms with Crippen molar-refractivity contribution < 1.29 is 4.92 Å². The Kier molecular flexibility index (Phi) is 2.58. The van der Waals surface area contributed by atoms with Gasteiger partial charge >= 0.3 is 0 Å². The quantitative estimate of drug-likeness (QED) is 0.386. The molecular weight excluding hydrogens is 134 g/mol. The van der Waals surface area contributed by atoms with Crippen LogP contribution >= 0.6 is 0 Å². The van der Waals surface area contributed by atoms with Crippen LogP contribution < -0.4 is 10.9 Å². The molecule has 0 saturated carbocycles. The third-order valence-electron chi connectivity index (χ3n) is 1.60. The SMILES string of the molecule is O=[N+]([O-])C1CCCNNC1. The summed E-state index contributed by atoms with van der Waals surface area (Å²) < 4.78 is 0. The molecule has 0 aromatic heterocycles.